The Hall–Kier alpha value is -0.570. The van der Waals surface area contributed by atoms with Gasteiger partial charge in [0.2, 0.25) is 5.91 Å². The van der Waals surface area contributed by atoms with Gasteiger partial charge in [0.1, 0.15) is 0 Å². The number of carbonyl (C=O) groups is 1. The fourth-order valence-corrected chi connectivity index (χ4v) is 1.65. The second-order valence-electron chi connectivity index (χ2n) is 4.40. The fourth-order valence-electron chi connectivity index (χ4n) is 1.65. The summed E-state index contributed by atoms with van der Waals surface area (Å²) in [7, 11) is 0. The Morgan fingerprint density at radius 1 is 1.50 bits per heavy atom. The molecule has 3 nitrogen and oxygen atoms in total. The lowest BCUT2D eigenvalue weighted by atomic mass is 10.0. The molecule has 0 saturated heterocycles. The van der Waals surface area contributed by atoms with Crippen LogP contribution in [0.2, 0.25) is 0 Å². The van der Waals surface area contributed by atoms with E-state index in [1.165, 1.54) is 12.8 Å². The summed E-state index contributed by atoms with van der Waals surface area (Å²) in [6, 6.07) is 0.191. The Bertz CT molecular complexity index is 190. The normalized spacial score (nSPS) is 20.2. The highest BCUT2D eigenvalue weighted by Crippen LogP contribution is 2.36. The predicted octanol–water partition coefficient (Wildman–Crippen LogP) is 1.31. The number of aliphatic hydroxyl groups excluding tert-OH is 1. The molecule has 1 aliphatic rings. The molecule has 82 valence electrons. The van der Waals surface area contributed by atoms with Crippen LogP contribution >= 0.6 is 0 Å². The summed E-state index contributed by atoms with van der Waals surface area (Å²) >= 11 is 0. The highest BCUT2D eigenvalue weighted by atomic mass is 16.2. The maximum absolute atomic E-state index is 11.6. The maximum Gasteiger partial charge on any atom is 0.223 e. The van der Waals surface area contributed by atoms with Crippen LogP contribution in [0.4, 0.5) is 0 Å². The average Bonchev–Trinajstić information content (AvgIpc) is 2.96. The van der Waals surface area contributed by atoms with E-state index in [2.05, 4.69) is 5.32 Å². The van der Waals surface area contributed by atoms with Gasteiger partial charge in [0.15, 0.2) is 0 Å². The van der Waals surface area contributed by atoms with Crippen molar-refractivity contribution in [2.75, 3.05) is 6.61 Å². The SMILES string of the molecule is CC(CCCO)NC(=O)C(C)C1CC1. The van der Waals surface area contributed by atoms with E-state index in [0.717, 1.165) is 12.8 Å². The van der Waals surface area contributed by atoms with Gasteiger partial charge in [0, 0.05) is 18.6 Å². The minimum atomic E-state index is 0.173. The third-order valence-corrected chi connectivity index (χ3v) is 2.93. The van der Waals surface area contributed by atoms with Gasteiger partial charge >= 0.3 is 0 Å². The van der Waals surface area contributed by atoms with Crippen LogP contribution in [0.15, 0.2) is 0 Å². The zero-order chi connectivity index (χ0) is 10.6. The second kappa shape index (κ2) is 5.35. The van der Waals surface area contributed by atoms with E-state index in [0.29, 0.717) is 5.92 Å². The average molecular weight is 199 g/mol. The minimum absolute atomic E-state index is 0.173. The van der Waals surface area contributed by atoms with Gasteiger partial charge in [-0.3, -0.25) is 4.79 Å². The number of rotatable bonds is 6. The van der Waals surface area contributed by atoms with Gasteiger partial charge < -0.3 is 10.4 Å². The van der Waals surface area contributed by atoms with Gasteiger partial charge in [-0.05, 0) is 38.5 Å². The molecule has 1 fully saturated rings. The monoisotopic (exact) mass is 199 g/mol. The predicted molar refractivity (Wildman–Crippen MR) is 55.8 cm³/mol. The molecule has 1 saturated carbocycles. The van der Waals surface area contributed by atoms with Crippen molar-refractivity contribution in [2.45, 2.75) is 45.6 Å². The van der Waals surface area contributed by atoms with Crippen LogP contribution in [0.3, 0.4) is 0 Å². The van der Waals surface area contributed by atoms with Crippen molar-refractivity contribution in [1.82, 2.24) is 5.32 Å². The molecule has 0 heterocycles. The molecule has 2 unspecified atom stereocenters. The molecule has 14 heavy (non-hydrogen) atoms. The third kappa shape index (κ3) is 3.66. The van der Waals surface area contributed by atoms with E-state index >= 15 is 0 Å². The maximum atomic E-state index is 11.6. The van der Waals surface area contributed by atoms with Crippen LogP contribution in [0.1, 0.15) is 39.5 Å². The number of aliphatic hydroxyl groups is 1. The van der Waals surface area contributed by atoms with Crippen molar-refractivity contribution in [1.29, 1.82) is 0 Å². The van der Waals surface area contributed by atoms with Crippen molar-refractivity contribution in [3.63, 3.8) is 0 Å². The standard InChI is InChI=1S/C11H21NO2/c1-8(4-3-7-13)12-11(14)9(2)10-5-6-10/h8-10,13H,3-7H2,1-2H3,(H,12,14). The molecule has 3 heteroatoms. The summed E-state index contributed by atoms with van der Waals surface area (Å²) in [5, 5.41) is 11.6. The lowest BCUT2D eigenvalue weighted by molar-refractivity contribution is -0.125. The summed E-state index contributed by atoms with van der Waals surface area (Å²) in [4.78, 5) is 11.6. The molecule has 1 amide bonds. The molecular formula is C11H21NO2. The first kappa shape index (κ1) is 11.5. The Kier molecular flexibility index (Phi) is 4.39. The second-order valence-corrected chi connectivity index (χ2v) is 4.40. The van der Waals surface area contributed by atoms with E-state index < -0.39 is 0 Å². The topological polar surface area (TPSA) is 49.3 Å². The number of nitrogens with one attached hydrogen (secondary N) is 1. The molecule has 0 spiro atoms. The van der Waals surface area contributed by atoms with E-state index in [4.69, 9.17) is 5.11 Å². The quantitative estimate of drug-likeness (QED) is 0.677. The molecule has 0 aromatic carbocycles. The smallest absolute Gasteiger partial charge is 0.223 e. The molecule has 2 atom stereocenters. The lowest BCUT2D eigenvalue weighted by Crippen LogP contribution is -2.37. The van der Waals surface area contributed by atoms with E-state index in [-0.39, 0.29) is 24.5 Å². The van der Waals surface area contributed by atoms with Gasteiger partial charge in [-0.1, -0.05) is 6.92 Å². The summed E-state index contributed by atoms with van der Waals surface area (Å²) in [5.41, 5.74) is 0. The largest absolute Gasteiger partial charge is 0.396 e. The van der Waals surface area contributed by atoms with Crippen LogP contribution in [0, 0.1) is 11.8 Å². The van der Waals surface area contributed by atoms with Gasteiger partial charge in [-0.25, -0.2) is 0 Å². The molecule has 2 N–H and O–H groups in total. The first-order valence-electron chi connectivity index (χ1n) is 5.56. The molecule has 0 aromatic heterocycles. The first-order chi connectivity index (χ1) is 6.65. The summed E-state index contributed by atoms with van der Waals surface area (Å²) in [6.07, 6.45) is 4.04. The van der Waals surface area contributed by atoms with Crippen molar-refractivity contribution in [2.24, 2.45) is 11.8 Å². The number of hydrogen-bond donors (Lipinski definition) is 2. The van der Waals surface area contributed by atoms with Crippen LogP contribution in [0.5, 0.6) is 0 Å². The van der Waals surface area contributed by atoms with Crippen LogP contribution in [0.25, 0.3) is 0 Å². The molecule has 0 radical (unpaired) electrons. The van der Waals surface area contributed by atoms with Crippen LogP contribution in [-0.4, -0.2) is 23.7 Å². The highest BCUT2D eigenvalue weighted by molar-refractivity contribution is 5.79. The van der Waals surface area contributed by atoms with E-state index in [1.54, 1.807) is 0 Å². The lowest BCUT2D eigenvalue weighted by Gasteiger charge is -2.16. The van der Waals surface area contributed by atoms with Crippen LogP contribution in [-0.2, 0) is 4.79 Å². The highest BCUT2D eigenvalue weighted by Gasteiger charge is 2.32. The summed E-state index contributed by atoms with van der Waals surface area (Å²) < 4.78 is 0. The van der Waals surface area contributed by atoms with Crippen molar-refractivity contribution in [3.05, 3.63) is 0 Å². The third-order valence-electron chi connectivity index (χ3n) is 2.93. The minimum Gasteiger partial charge on any atom is -0.396 e. The summed E-state index contributed by atoms with van der Waals surface area (Å²) in [5.74, 6) is 0.976. The Morgan fingerprint density at radius 2 is 2.14 bits per heavy atom. The van der Waals surface area contributed by atoms with E-state index in [9.17, 15) is 4.79 Å². The van der Waals surface area contributed by atoms with Crippen molar-refractivity contribution < 1.29 is 9.90 Å². The summed E-state index contributed by atoms with van der Waals surface area (Å²) in [6.45, 7) is 4.21. The van der Waals surface area contributed by atoms with Crippen molar-refractivity contribution >= 4 is 5.91 Å². The van der Waals surface area contributed by atoms with Gasteiger partial charge in [0.05, 0.1) is 0 Å². The number of amides is 1. The van der Waals surface area contributed by atoms with Crippen LogP contribution < -0.4 is 5.32 Å². The van der Waals surface area contributed by atoms with Gasteiger partial charge in [0.25, 0.3) is 0 Å². The zero-order valence-corrected chi connectivity index (χ0v) is 9.12. The molecular weight excluding hydrogens is 178 g/mol. The number of carbonyl (C=O) groups excluding carboxylic acids is 1. The molecule has 1 rings (SSSR count). The first-order valence-corrected chi connectivity index (χ1v) is 5.56. The fraction of sp³-hybridized carbons (Fsp3) is 0.909. The molecule has 0 bridgehead atoms. The van der Waals surface area contributed by atoms with Crippen molar-refractivity contribution in [3.8, 4) is 0 Å². The zero-order valence-electron chi connectivity index (χ0n) is 9.12. The number of hydrogen-bond acceptors (Lipinski definition) is 2. The van der Waals surface area contributed by atoms with Gasteiger partial charge in [-0.15, -0.1) is 0 Å². The Balaban J connectivity index is 2.17. The molecule has 0 aliphatic heterocycles. The Labute approximate surface area is 85.9 Å². The Morgan fingerprint density at radius 3 is 2.64 bits per heavy atom. The molecule has 1 aliphatic carbocycles. The van der Waals surface area contributed by atoms with E-state index in [1.807, 2.05) is 13.8 Å². The molecule has 0 aromatic rings. The van der Waals surface area contributed by atoms with Gasteiger partial charge in [-0.2, -0.15) is 0 Å².